The van der Waals surface area contributed by atoms with E-state index in [0.29, 0.717) is 23.0 Å². The van der Waals surface area contributed by atoms with Gasteiger partial charge in [0.15, 0.2) is 0 Å². The van der Waals surface area contributed by atoms with Crippen LogP contribution in [0.2, 0.25) is 0 Å². The summed E-state index contributed by atoms with van der Waals surface area (Å²) in [5.41, 5.74) is 0.980. The average molecular weight is 289 g/mol. The van der Waals surface area contributed by atoms with E-state index in [1.54, 1.807) is 18.2 Å². The summed E-state index contributed by atoms with van der Waals surface area (Å²) in [6.45, 7) is 1.87. The summed E-state index contributed by atoms with van der Waals surface area (Å²) in [4.78, 5) is 25.2. The molecule has 1 heterocycles. The minimum Gasteiger partial charge on any atom is -0.481 e. The standard InChI is InChI=1S/C14H15N3O4/c1-9(5-6-13(18)19)16-11-7-8-15-14-10(11)3-2-4-12(14)17(20)21/h2-4,7-9H,5-6H2,1H3,(H,15,16)(H,18,19). The van der Waals surface area contributed by atoms with Crippen molar-refractivity contribution in [2.45, 2.75) is 25.8 Å². The molecule has 0 saturated heterocycles. The van der Waals surface area contributed by atoms with E-state index in [0.717, 1.165) is 0 Å². The van der Waals surface area contributed by atoms with Crippen molar-refractivity contribution >= 4 is 28.2 Å². The first kappa shape index (κ1) is 14.7. The van der Waals surface area contributed by atoms with Gasteiger partial charge in [-0.15, -0.1) is 0 Å². The Morgan fingerprint density at radius 2 is 2.24 bits per heavy atom. The molecule has 0 saturated carbocycles. The summed E-state index contributed by atoms with van der Waals surface area (Å²) >= 11 is 0. The van der Waals surface area contributed by atoms with Gasteiger partial charge >= 0.3 is 5.97 Å². The van der Waals surface area contributed by atoms with Gasteiger partial charge in [0.25, 0.3) is 5.69 Å². The zero-order valence-corrected chi connectivity index (χ0v) is 11.4. The predicted octanol–water partition coefficient (Wildman–Crippen LogP) is 2.81. The van der Waals surface area contributed by atoms with Gasteiger partial charge in [0.2, 0.25) is 0 Å². The highest BCUT2D eigenvalue weighted by molar-refractivity contribution is 5.96. The highest BCUT2D eigenvalue weighted by Crippen LogP contribution is 2.29. The van der Waals surface area contributed by atoms with Crippen molar-refractivity contribution < 1.29 is 14.8 Å². The fourth-order valence-electron chi connectivity index (χ4n) is 2.11. The highest BCUT2D eigenvalue weighted by Gasteiger charge is 2.15. The number of aromatic nitrogens is 1. The number of nitro benzene ring substituents is 1. The number of nitrogens with one attached hydrogen (secondary N) is 1. The van der Waals surface area contributed by atoms with Crippen LogP contribution >= 0.6 is 0 Å². The highest BCUT2D eigenvalue weighted by atomic mass is 16.6. The van der Waals surface area contributed by atoms with Crippen molar-refractivity contribution in [2.75, 3.05) is 5.32 Å². The van der Waals surface area contributed by atoms with E-state index in [2.05, 4.69) is 10.3 Å². The molecule has 1 atom stereocenters. The third-order valence-corrected chi connectivity index (χ3v) is 3.14. The molecule has 21 heavy (non-hydrogen) atoms. The van der Waals surface area contributed by atoms with E-state index in [1.807, 2.05) is 6.92 Å². The zero-order valence-electron chi connectivity index (χ0n) is 11.4. The molecule has 2 aromatic rings. The average Bonchev–Trinajstić information content (AvgIpc) is 2.44. The van der Waals surface area contributed by atoms with Crippen molar-refractivity contribution in [3.05, 3.63) is 40.6 Å². The molecule has 0 aliphatic carbocycles. The zero-order chi connectivity index (χ0) is 15.4. The van der Waals surface area contributed by atoms with Crippen molar-refractivity contribution in [2.24, 2.45) is 0 Å². The first-order valence-electron chi connectivity index (χ1n) is 6.49. The molecule has 1 unspecified atom stereocenters. The van der Waals surface area contributed by atoms with Crippen LogP contribution in [0.25, 0.3) is 10.9 Å². The number of para-hydroxylation sites is 1. The summed E-state index contributed by atoms with van der Waals surface area (Å²) in [7, 11) is 0. The molecule has 7 nitrogen and oxygen atoms in total. The quantitative estimate of drug-likeness (QED) is 0.625. The number of nitro groups is 1. The predicted molar refractivity (Wildman–Crippen MR) is 78.4 cm³/mol. The van der Waals surface area contributed by atoms with Crippen LogP contribution in [0.15, 0.2) is 30.5 Å². The maximum absolute atomic E-state index is 11.0. The SMILES string of the molecule is CC(CCC(=O)O)Nc1ccnc2c([N+](=O)[O-])cccc12. The molecule has 2 rings (SSSR count). The number of hydrogen-bond acceptors (Lipinski definition) is 5. The smallest absolute Gasteiger partial charge is 0.303 e. The number of fused-ring (bicyclic) bond motifs is 1. The summed E-state index contributed by atoms with van der Waals surface area (Å²) in [5, 5.41) is 23.5. The number of benzene rings is 1. The molecule has 0 fully saturated rings. The fraction of sp³-hybridized carbons (Fsp3) is 0.286. The molecule has 0 amide bonds. The Labute approximate surface area is 120 Å². The van der Waals surface area contributed by atoms with E-state index in [9.17, 15) is 14.9 Å². The summed E-state index contributed by atoms with van der Waals surface area (Å²) in [6, 6.07) is 6.43. The monoisotopic (exact) mass is 289 g/mol. The molecular weight excluding hydrogens is 274 g/mol. The molecule has 1 aromatic heterocycles. The van der Waals surface area contributed by atoms with Crippen LogP contribution in [0, 0.1) is 10.1 Å². The molecule has 110 valence electrons. The Morgan fingerprint density at radius 3 is 2.90 bits per heavy atom. The molecule has 0 aliphatic heterocycles. The number of hydrogen-bond donors (Lipinski definition) is 2. The van der Waals surface area contributed by atoms with Crippen LogP contribution < -0.4 is 5.32 Å². The van der Waals surface area contributed by atoms with Gasteiger partial charge in [-0.05, 0) is 19.4 Å². The molecule has 0 radical (unpaired) electrons. The minimum atomic E-state index is -0.848. The van der Waals surface area contributed by atoms with Crippen LogP contribution in [0.5, 0.6) is 0 Å². The van der Waals surface area contributed by atoms with Gasteiger partial charge in [0.1, 0.15) is 5.52 Å². The van der Waals surface area contributed by atoms with E-state index in [-0.39, 0.29) is 18.2 Å². The number of carboxylic acid groups (broad SMARTS) is 1. The minimum absolute atomic E-state index is 0.0469. The van der Waals surface area contributed by atoms with Crippen molar-refractivity contribution in [3.8, 4) is 0 Å². The van der Waals surface area contributed by atoms with Crippen LogP contribution in [0.3, 0.4) is 0 Å². The lowest BCUT2D eigenvalue weighted by atomic mass is 10.1. The van der Waals surface area contributed by atoms with Gasteiger partial charge in [-0.3, -0.25) is 14.9 Å². The number of non-ortho nitro benzene ring substituents is 1. The van der Waals surface area contributed by atoms with Gasteiger partial charge < -0.3 is 10.4 Å². The summed E-state index contributed by atoms with van der Waals surface area (Å²) in [6.07, 6.45) is 2.03. The van der Waals surface area contributed by atoms with Crippen LogP contribution in [-0.2, 0) is 4.79 Å². The number of aliphatic carboxylic acids is 1. The van der Waals surface area contributed by atoms with Crippen LogP contribution in [0.4, 0.5) is 11.4 Å². The second-order valence-corrected chi connectivity index (χ2v) is 4.77. The van der Waals surface area contributed by atoms with Crippen molar-refractivity contribution in [1.82, 2.24) is 4.98 Å². The Hall–Kier alpha value is -2.70. The number of carboxylic acids is 1. The normalized spacial score (nSPS) is 12.0. The Morgan fingerprint density at radius 1 is 1.48 bits per heavy atom. The molecule has 7 heteroatoms. The lowest BCUT2D eigenvalue weighted by molar-refractivity contribution is -0.383. The first-order valence-corrected chi connectivity index (χ1v) is 6.49. The van der Waals surface area contributed by atoms with E-state index < -0.39 is 10.9 Å². The number of rotatable bonds is 6. The van der Waals surface area contributed by atoms with Crippen LogP contribution in [0.1, 0.15) is 19.8 Å². The number of nitrogens with zero attached hydrogens (tertiary/aromatic N) is 2. The van der Waals surface area contributed by atoms with Crippen molar-refractivity contribution in [3.63, 3.8) is 0 Å². The Bertz CT molecular complexity index is 687. The van der Waals surface area contributed by atoms with Gasteiger partial charge in [-0.2, -0.15) is 0 Å². The molecule has 2 N–H and O–H groups in total. The first-order chi connectivity index (χ1) is 9.99. The maximum Gasteiger partial charge on any atom is 0.303 e. The topological polar surface area (TPSA) is 105 Å². The molecule has 1 aromatic carbocycles. The lowest BCUT2D eigenvalue weighted by Crippen LogP contribution is -2.16. The third kappa shape index (κ3) is 3.44. The molecule has 0 bridgehead atoms. The molecular formula is C14H15N3O4. The number of pyridine rings is 1. The van der Waals surface area contributed by atoms with Crippen LogP contribution in [-0.4, -0.2) is 27.0 Å². The van der Waals surface area contributed by atoms with Gasteiger partial charge in [0.05, 0.1) is 4.92 Å². The summed E-state index contributed by atoms with van der Waals surface area (Å²) in [5.74, 6) is -0.848. The lowest BCUT2D eigenvalue weighted by Gasteiger charge is -2.15. The maximum atomic E-state index is 11.0. The Kier molecular flexibility index (Phi) is 4.32. The second kappa shape index (κ2) is 6.17. The van der Waals surface area contributed by atoms with Gasteiger partial charge in [-0.25, -0.2) is 4.98 Å². The van der Waals surface area contributed by atoms with E-state index in [4.69, 9.17) is 5.11 Å². The Balaban J connectivity index is 2.30. The largest absolute Gasteiger partial charge is 0.481 e. The van der Waals surface area contributed by atoms with E-state index >= 15 is 0 Å². The van der Waals surface area contributed by atoms with Gasteiger partial charge in [-0.1, -0.05) is 12.1 Å². The third-order valence-electron chi connectivity index (χ3n) is 3.14. The number of anilines is 1. The molecule has 0 spiro atoms. The van der Waals surface area contributed by atoms with Crippen molar-refractivity contribution in [1.29, 1.82) is 0 Å². The summed E-state index contributed by atoms with van der Waals surface area (Å²) < 4.78 is 0. The number of carbonyl (C=O) groups is 1. The second-order valence-electron chi connectivity index (χ2n) is 4.77. The fourth-order valence-corrected chi connectivity index (χ4v) is 2.11. The van der Waals surface area contributed by atoms with E-state index in [1.165, 1.54) is 12.3 Å². The van der Waals surface area contributed by atoms with Gasteiger partial charge in [0, 0.05) is 35.8 Å². The molecule has 0 aliphatic rings.